The van der Waals surface area contributed by atoms with Gasteiger partial charge in [-0.2, -0.15) is 0 Å². The maximum Gasteiger partial charge on any atom is 0.288 e. The Morgan fingerprint density at radius 2 is 2.10 bits per heavy atom. The lowest BCUT2D eigenvalue weighted by Crippen LogP contribution is -2.05. The first kappa shape index (κ1) is 14.3. The highest BCUT2D eigenvalue weighted by Crippen LogP contribution is 2.30. The fourth-order valence-corrected chi connectivity index (χ4v) is 2.11. The summed E-state index contributed by atoms with van der Waals surface area (Å²) in [7, 11) is 0. The van der Waals surface area contributed by atoms with Crippen LogP contribution in [0.4, 0.5) is 11.4 Å². The Bertz CT molecular complexity index is 659. The van der Waals surface area contributed by atoms with Crippen LogP contribution in [-0.4, -0.2) is 9.91 Å². The Morgan fingerprint density at radius 1 is 1.35 bits per heavy atom. The minimum absolute atomic E-state index is 0.0799. The highest BCUT2D eigenvalue weighted by Gasteiger charge is 2.15. The number of pyridine rings is 1. The average molecular weight is 292 g/mol. The van der Waals surface area contributed by atoms with Gasteiger partial charge in [-0.05, 0) is 37.1 Å². The highest BCUT2D eigenvalue weighted by atomic mass is 35.5. The third-order valence-corrected chi connectivity index (χ3v) is 3.36. The van der Waals surface area contributed by atoms with Gasteiger partial charge in [0.25, 0.3) is 5.69 Å². The first-order chi connectivity index (χ1) is 9.49. The van der Waals surface area contributed by atoms with Crippen LogP contribution in [0.15, 0.2) is 30.5 Å². The van der Waals surface area contributed by atoms with Crippen molar-refractivity contribution in [1.29, 1.82) is 0 Å². The maximum absolute atomic E-state index is 10.8. The van der Waals surface area contributed by atoms with Gasteiger partial charge in [0.05, 0.1) is 17.2 Å². The molecule has 2 rings (SSSR count). The number of aromatic nitrogens is 1. The number of aryl methyl sites for hydroxylation is 2. The van der Waals surface area contributed by atoms with Gasteiger partial charge in [0.15, 0.2) is 0 Å². The summed E-state index contributed by atoms with van der Waals surface area (Å²) in [5.41, 5.74) is 3.48. The smallest absolute Gasteiger partial charge is 0.288 e. The van der Waals surface area contributed by atoms with Crippen molar-refractivity contribution in [2.24, 2.45) is 0 Å². The summed E-state index contributed by atoms with van der Waals surface area (Å²) >= 11 is 5.91. The summed E-state index contributed by atoms with van der Waals surface area (Å²) < 4.78 is 0. The van der Waals surface area contributed by atoms with E-state index in [9.17, 15) is 10.1 Å². The van der Waals surface area contributed by atoms with E-state index in [1.54, 1.807) is 19.2 Å². The molecule has 0 aliphatic heterocycles. The molecule has 0 saturated heterocycles. The van der Waals surface area contributed by atoms with Gasteiger partial charge in [-0.3, -0.25) is 15.1 Å². The number of nitro benzene ring substituents is 1. The summed E-state index contributed by atoms with van der Waals surface area (Å²) in [6.07, 6.45) is 1.74. The van der Waals surface area contributed by atoms with Crippen molar-refractivity contribution >= 4 is 23.0 Å². The fraction of sp³-hybridized carbons (Fsp3) is 0.214. The topological polar surface area (TPSA) is 68.1 Å². The van der Waals surface area contributed by atoms with E-state index in [0.717, 1.165) is 22.5 Å². The zero-order valence-corrected chi connectivity index (χ0v) is 11.9. The minimum atomic E-state index is -0.484. The van der Waals surface area contributed by atoms with Crippen LogP contribution >= 0.6 is 11.6 Å². The van der Waals surface area contributed by atoms with Crippen molar-refractivity contribution in [2.45, 2.75) is 20.4 Å². The van der Waals surface area contributed by atoms with Crippen molar-refractivity contribution in [2.75, 3.05) is 5.32 Å². The Balaban J connectivity index is 2.21. The molecule has 2 aromatic rings. The maximum atomic E-state index is 10.8. The highest BCUT2D eigenvalue weighted by molar-refractivity contribution is 6.33. The molecule has 0 saturated carbocycles. The van der Waals surface area contributed by atoms with Crippen LogP contribution in [0.25, 0.3) is 0 Å². The van der Waals surface area contributed by atoms with Crippen LogP contribution in [0, 0.1) is 24.0 Å². The molecule has 0 amide bonds. The largest absolute Gasteiger partial charge is 0.379 e. The number of nitrogens with one attached hydrogen (secondary N) is 1. The first-order valence-electron chi connectivity index (χ1n) is 6.08. The van der Waals surface area contributed by atoms with Crippen LogP contribution in [0.1, 0.15) is 16.8 Å². The molecular formula is C14H14ClN3O2. The van der Waals surface area contributed by atoms with Crippen molar-refractivity contribution in [3.05, 3.63) is 62.4 Å². The number of rotatable bonds is 4. The molecule has 104 valence electrons. The first-order valence-corrected chi connectivity index (χ1v) is 6.45. The molecule has 1 heterocycles. The number of nitrogens with zero attached hydrogens (tertiary/aromatic N) is 2. The van der Waals surface area contributed by atoms with E-state index in [4.69, 9.17) is 11.6 Å². The quantitative estimate of drug-likeness (QED) is 0.686. The van der Waals surface area contributed by atoms with Gasteiger partial charge in [-0.1, -0.05) is 17.7 Å². The van der Waals surface area contributed by atoms with E-state index >= 15 is 0 Å². The predicted octanol–water partition coefficient (Wildman–Crippen LogP) is 3.87. The van der Waals surface area contributed by atoms with Crippen LogP contribution in [0.5, 0.6) is 0 Å². The molecule has 6 heteroatoms. The molecule has 0 radical (unpaired) electrons. The molecule has 0 aliphatic carbocycles. The zero-order chi connectivity index (χ0) is 14.7. The standard InChI is InChI=1S/C14H14ClN3O2/c1-9-4-3-5-16-13(9)8-17-12-7-11(15)14(18(19)20)6-10(12)2/h3-7,17H,8H2,1-2H3. The van der Waals surface area contributed by atoms with Gasteiger partial charge in [0.1, 0.15) is 5.02 Å². The predicted molar refractivity (Wildman–Crippen MR) is 79.1 cm³/mol. The van der Waals surface area contributed by atoms with Gasteiger partial charge in [-0.15, -0.1) is 0 Å². The Kier molecular flexibility index (Phi) is 4.20. The molecule has 1 aromatic carbocycles. The molecule has 0 spiro atoms. The third kappa shape index (κ3) is 3.05. The normalized spacial score (nSPS) is 10.3. The summed E-state index contributed by atoms with van der Waals surface area (Å²) in [5.74, 6) is 0. The van der Waals surface area contributed by atoms with Gasteiger partial charge in [-0.25, -0.2) is 0 Å². The van der Waals surface area contributed by atoms with Gasteiger partial charge in [0, 0.05) is 18.0 Å². The fourth-order valence-electron chi connectivity index (χ4n) is 1.88. The van der Waals surface area contributed by atoms with E-state index in [1.165, 1.54) is 6.07 Å². The molecule has 1 N–H and O–H groups in total. The van der Waals surface area contributed by atoms with Crippen LogP contribution in [0.2, 0.25) is 5.02 Å². The lowest BCUT2D eigenvalue weighted by atomic mass is 10.1. The molecule has 1 aromatic heterocycles. The third-order valence-electron chi connectivity index (χ3n) is 3.05. The molecule has 0 atom stereocenters. The van der Waals surface area contributed by atoms with Gasteiger partial charge >= 0.3 is 0 Å². The molecule has 5 nitrogen and oxygen atoms in total. The zero-order valence-electron chi connectivity index (χ0n) is 11.2. The van der Waals surface area contributed by atoms with E-state index in [0.29, 0.717) is 6.54 Å². The molecular weight excluding hydrogens is 278 g/mol. The molecule has 20 heavy (non-hydrogen) atoms. The van der Waals surface area contributed by atoms with Crippen molar-refractivity contribution in [3.63, 3.8) is 0 Å². The van der Waals surface area contributed by atoms with Crippen molar-refractivity contribution in [3.8, 4) is 0 Å². The van der Waals surface area contributed by atoms with E-state index in [2.05, 4.69) is 10.3 Å². The second-order valence-corrected chi connectivity index (χ2v) is 4.90. The minimum Gasteiger partial charge on any atom is -0.379 e. The number of hydrogen-bond acceptors (Lipinski definition) is 4. The van der Waals surface area contributed by atoms with Crippen molar-refractivity contribution < 1.29 is 4.92 Å². The molecule has 0 unspecified atom stereocenters. The second-order valence-electron chi connectivity index (χ2n) is 4.50. The van der Waals surface area contributed by atoms with Crippen molar-refractivity contribution in [1.82, 2.24) is 4.98 Å². The Hall–Kier alpha value is -2.14. The lowest BCUT2D eigenvalue weighted by molar-refractivity contribution is -0.384. The summed E-state index contributed by atoms with van der Waals surface area (Å²) in [4.78, 5) is 14.6. The number of benzene rings is 1. The Labute approximate surface area is 121 Å². The number of anilines is 1. The molecule has 0 aliphatic rings. The Morgan fingerprint density at radius 3 is 2.75 bits per heavy atom. The van der Waals surface area contributed by atoms with Gasteiger partial charge in [0.2, 0.25) is 0 Å². The summed E-state index contributed by atoms with van der Waals surface area (Å²) in [5, 5.41) is 14.1. The molecule has 0 bridgehead atoms. The van der Waals surface area contributed by atoms with E-state index < -0.39 is 4.92 Å². The second kappa shape index (κ2) is 5.88. The monoisotopic (exact) mass is 291 g/mol. The lowest BCUT2D eigenvalue weighted by Gasteiger charge is -2.11. The summed E-state index contributed by atoms with van der Waals surface area (Å²) in [6, 6.07) is 6.91. The van der Waals surface area contributed by atoms with E-state index in [1.807, 2.05) is 19.1 Å². The summed E-state index contributed by atoms with van der Waals surface area (Å²) in [6.45, 7) is 4.33. The van der Waals surface area contributed by atoms with Crippen LogP contribution in [0.3, 0.4) is 0 Å². The van der Waals surface area contributed by atoms with Gasteiger partial charge < -0.3 is 5.32 Å². The molecule has 0 fully saturated rings. The number of nitro groups is 1. The number of halogens is 1. The number of hydrogen-bond donors (Lipinski definition) is 1. The van der Waals surface area contributed by atoms with E-state index in [-0.39, 0.29) is 10.7 Å². The van der Waals surface area contributed by atoms with Crippen LogP contribution in [-0.2, 0) is 6.54 Å². The average Bonchev–Trinajstić information content (AvgIpc) is 2.40. The van der Waals surface area contributed by atoms with Crippen LogP contribution < -0.4 is 5.32 Å². The SMILES string of the molecule is Cc1cc([N+](=O)[O-])c(Cl)cc1NCc1ncccc1C.